The van der Waals surface area contributed by atoms with Crippen LogP contribution in [0.1, 0.15) is 43.1 Å². The van der Waals surface area contributed by atoms with E-state index in [4.69, 9.17) is 4.74 Å². The molecule has 0 spiro atoms. The molecule has 0 N–H and O–H groups in total. The third-order valence-corrected chi connectivity index (χ3v) is 6.55. The van der Waals surface area contributed by atoms with Gasteiger partial charge in [-0.15, -0.1) is 0 Å². The topological polar surface area (TPSA) is 52.6 Å². The van der Waals surface area contributed by atoms with E-state index < -0.39 is 21.7 Å². The summed E-state index contributed by atoms with van der Waals surface area (Å²) in [5, 5.41) is 1.95. The predicted octanol–water partition coefficient (Wildman–Crippen LogP) is 6.57. The van der Waals surface area contributed by atoms with Crippen LogP contribution in [0.2, 0.25) is 0 Å². The van der Waals surface area contributed by atoms with E-state index in [1.807, 2.05) is 72.8 Å². The molecule has 1 saturated heterocycles. The summed E-state index contributed by atoms with van der Waals surface area (Å²) in [4.78, 5) is 0. The molecule has 4 nitrogen and oxygen atoms in total. The fourth-order valence-corrected chi connectivity index (χ4v) is 4.45. The molecule has 2 unspecified atom stereocenters. The van der Waals surface area contributed by atoms with Crippen molar-refractivity contribution in [3.05, 3.63) is 95.3 Å². The van der Waals surface area contributed by atoms with Crippen molar-refractivity contribution in [2.24, 2.45) is 0 Å². The minimum absolute atomic E-state index is 0.288. The zero-order valence-electron chi connectivity index (χ0n) is 17.2. The molecule has 0 radical (unpaired) electrons. The Morgan fingerprint density at radius 1 is 0.938 bits per heavy atom. The highest BCUT2D eigenvalue weighted by Crippen LogP contribution is 2.44. The molecule has 3 aromatic rings. The van der Waals surface area contributed by atoms with Gasteiger partial charge in [0.15, 0.2) is 0 Å². The quantitative estimate of drug-likeness (QED) is 0.250. The highest BCUT2D eigenvalue weighted by atomic mass is 32.2. The molecule has 1 aliphatic heterocycles. The SMILES string of the molecule is CC(OS(=O)(=O)C(F)(F)F)=C1CCC(c2ccccc2)OC1c1ccc2ccccc2c1. The molecule has 8 heteroatoms. The minimum atomic E-state index is -5.77. The molecule has 1 fully saturated rings. The van der Waals surface area contributed by atoms with Crippen molar-refractivity contribution in [3.8, 4) is 0 Å². The number of fused-ring (bicyclic) bond motifs is 1. The first-order chi connectivity index (χ1) is 15.2. The second-order valence-corrected chi connectivity index (χ2v) is 9.16. The van der Waals surface area contributed by atoms with Crippen molar-refractivity contribution in [2.75, 3.05) is 0 Å². The minimum Gasteiger partial charge on any atom is -0.381 e. The fraction of sp³-hybridized carbons (Fsp3) is 0.250. The van der Waals surface area contributed by atoms with Crippen molar-refractivity contribution in [2.45, 2.75) is 37.5 Å². The van der Waals surface area contributed by atoms with Crippen LogP contribution in [0, 0.1) is 0 Å². The number of benzene rings is 3. The largest absolute Gasteiger partial charge is 0.534 e. The number of halogens is 3. The summed E-state index contributed by atoms with van der Waals surface area (Å²) >= 11 is 0. The highest BCUT2D eigenvalue weighted by molar-refractivity contribution is 7.87. The Morgan fingerprint density at radius 2 is 1.59 bits per heavy atom. The molecular formula is C24H21F3O4S. The lowest BCUT2D eigenvalue weighted by Crippen LogP contribution is -2.26. The van der Waals surface area contributed by atoms with Gasteiger partial charge in [-0.3, -0.25) is 0 Å². The second kappa shape index (κ2) is 8.60. The average Bonchev–Trinajstić information content (AvgIpc) is 2.78. The standard InChI is InChI=1S/C24H21F3O4S/c1-16(31-32(28,29)24(25,26)27)21-13-14-22(18-8-3-2-4-9-18)30-23(21)20-12-11-17-7-5-6-10-19(17)15-20/h2-12,15,22-23H,13-14H2,1H3. The van der Waals surface area contributed by atoms with Crippen molar-refractivity contribution in [1.82, 2.24) is 0 Å². The number of ether oxygens (including phenoxy) is 1. The van der Waals surface area contributed by atoms with Crippen molar-refractivity contribution in [3.63, 3.8) is 0 Å². The van der Waals surface area contributed by atoms with Gasteiger partial charge in [-0.1, -0.05) is 66.7 Å². The lowest BCUT2D eigenvalue weighted by Gasteiger charge is -2.34. The van der Waals surface area contributed by atoms with Crippen LogP contribution in [0.3, 0.4) is 0 Å². The Labute approximate surface area is 184 Å². The lowest BCUT2D eigenvalue weighted by atomic mass is 9.89. The summed E-state index contributed by atoms with van der Waals surface area (Å²) in [7, 11) is -5.77. The summed E-state index contributed by atoms with van der Waals surface area (Å²) in [6.45, 7) is 1.23. The van der Waals surface area contributed by atoms with Crippen LogP contribution in [-0.4, -0.2) is 13.9 Å². The Kier molecular flexibility index (Phi) is 6.01. The maximum absolute atomic E-state index is 12.9. The molecule has 0 aromatic heterocycles. The number of hydrogen-bond acceptors (Lipinski definition) is 4. The van der Waals surface area contributed by atoms with Crippen molar-refractivity contribution >= 4 is 20.9 Å². The van der Waals surface area contributed by atoms with Gasteiger partial charge in [-0.2, -0.15) is 21.6 Å². The fourth-order valence-electron chi connectivity index (χ4n) is 3.92. The van der Waals surface area contributed by atoms with Gasteiger partial charge < -0.3 is 8.92 Å². The summed E-state index contributed by atoms with van der Waals surface area (Å²) in [6, 6.07) is 22.8. The van der Waals surface area contributed by atoms with E-state index in [1.165, 1.54) is 6.92 Å². The maximum Gasteiger partial charge on any atom is 0.534 e. The molecule has 3 aromatic carbocycles. The van der Waals surface area contributed by atoms with Crippen LogP contribution in [0.4, 0.5) is 13.2 Å². The first-order valence-electron chi connectivity index (χ1n) is 10.1. The molecule has 4 rings (SSSR count). The number of allylic oxidation sites excluding steroid dienone is 1. The van der Waals surface area contributed by atoms with Gasteiger partial charge in [0.1, 0.15) is 11.9 Å². The Bertz CT molecular complexity index is 1250. The molecule has 1 heterocycles. The van der Waals surface area contributed by atoms with Crippen LogP contribution in [0.25, 0.3) is 10.8 Å². The first kappa shape index (κ1) is 22.4. The van der Waals surface area contributed by atoms with E-state index in [-0.39, 0.29) is 11.9 Å². The normalized spacial score (nSPS) is 21.4. The van der Waals surface area contributed by atoms with Gasteiger partial charge in [0, 0.05) is 5.57 Å². The van der Waals surface area contributed by atoms with E-state index in [1.54, 1.807) is 0 Å². The Balaban J connectivity index is 1.76. The van der Waals surface area contributed by atoms with Crippen LogP contribution in [0.15, 0.2) is 84.1 Å². The van der Waals surface area contributed by atoms with Gasteiger partial charge >= 0.3 is 15.6 Å². The van der Waals surface area contributed by atoms with Crippen LogP contribution >= 0.6 is 0 Å². The van der Waals surface area contributed by atoms with Crippen LogP contribution < -0.4 is 0 Å². The molecule has 0 aliphatic carbocycles. The van der Waals surface area contributed by atoms with Crippen molar-refractivity contribution in [1.29, 1.82) is 0 Å². The highest BCUT2D eigenvalue weighted by Gasteiger charge is 2.49. The smallest absolute Gasteiger partial charge is 0.381 e. The molecule has 2 atom stereocenters. The van der Waals surface area contributed by atoms with Gasteiger partial charge in [-0.05, 0) is 47.7 Å². The molecular weight excluding hydrogens is 441 g/mol. The first-order valence-corrected chi connectivity index (χ1v) is 11.5. The number of hydrogen-bond donors (Lipinski definition) is 0. The Hall–Kier alpha value is -2.84. The van der Waals surface area contributed by atoms with E-state index in [0.717, 1.165) is 16.3 Å². The lowest BCUT2D eigenvalue weighted by molar-refractivity contribution is -0.0530. The summed E-state index contributed by atoms with van der Waals surface area (Å²) in [5.41, 5.74) is -3.47. The zero-order valence-corrected chi connectivity index (χ0v) is 18.0. The van der Waals surface area contributed by atoms with Gasteiger partial charge in [0.2, 0.25) is 0 Å². The molecule has 0 amide bonds. The summed E-state index contributed by atoms with van der Waals surface area (Å²) in [6.07, 6.45) is -0.225. The molecule has 32 heavy (non-hydrogen) atoms. The Morgan fingerprint density at radius 3 is 2.28 bits per heavy atom. The second-order valence-electron chi connectivity index (χ2n) is 7.63. The predicted molar refractivity (Wildman–Crippen MR) is 115 cm³/mol. The van der Waals surface area contributed by atoms with Crippen molar-refractivity contribution < 1.29 is 30.5 Å². The van der Waals surface area contributed by atoms with E-state index in [0.29, 0.717) is 24.0 Å². The summed E-state index contributed by atoms with van der Waals surface area (Å²) in [5.74, 6) is -0.313. The van der Waals surface area contributed by atoms with Gasteiger partial charge in [0.05, 0.1) is 6.10 Å². The van der Waals surface area contributed by atoms with Gasteiger partial charge in [0.25, 0.3) is 0 Å². The molecule has 0 saturated carbocycles. The van der Waals surface area contributed by atoms with E-state index in [2.05, 4.69) is 4.18 Å². The zero-order chi connectivity index (χ0) is 22.9. The summed E-state index contributed by atoms with van der Waals surface area (Å²) < 4.78 is 72.6. The monoisotopic (exact) mass is 462 g/mol. The van der Waals surface area contributed by atoms with E-state index in [9.17, 15) is 21.6 Å². The third kappa shape index (κ3) is 4.52. The maximum atomic E-state index is 12.9. The molecule has 0 bridgehead atoms. The average molecular weight is 462 g/mol. The van der Waals surface area contributed by atoms with Crippen LogP contribution in [0.5, 0.6) is 0 Å². The molecule has 1 aliphatic rings. The van der Waals surface area contributed by atoms with E-state index >= 15 is 0 Å². The third-order valence-electron chi connectivity index (χ3n) is 5.51. The number of alkyl halides is 3. The van der Waals surface area contributed by atoms with Gasteiger partial charge in [-0.25, -0.2) is 0 Å². The number of rotatable bonds is 4. The molecule has 168 valence electrons. The van der Waals surface area contributed by atoms with Crippen LogP contribution in [-0.2, 0) is 19.0 Å².